The Morgan fingerprint density at radius 1 is 0.692 bits per heavy atom. The predicted molar refractivity (Wildman–Crippen MR) is 40.0 cm³/mol. The van der Waals surface area contributed by atoms with E-state index in [0.29, 0.717) is 0 Å². The molecular formula is C6H10F6Si. The Morgan fingerprint density at radius 2 is 1.00 bits per heavy atom. The van der Waals surface area contributed by atoms with Crippen molar-refractivity contribution >= 4 is 9.52 Å². The molecule has 2 unspecified atom stereocenters. The third-order valence-electron chi connectivity index (χ3n) is 1.51. The molecule has 80 valence electrons. The van der Waals surface area contributed by atoms with Crippen LogP contribution in [-0.4, -0.2) is 34.7 Å². The molecule has 0 aliphatic heterocycles. The van der Waals surface area contributed by atoms with Gasteiger partial charge < -0.3 is 0 Å². The first-order valence-corrected chi connectivity index (χ1v) is 5.79. The van der Waals surface area contributed by atoms with Crippen LogP contribution in [0.15, 0.2) is 0 Å². The van der Waals surface area contributed by atoms with Gasteiger partial charge in [0.2, 0.25) is 0 Å². The Balaban J connectivity index is 3.45. The molecule has 0 N–H and O–H groups in total. The number of alkyl halides is 6. The molecule has 0 bridgehead atoms. The van der Waals surface area contributed by atoms with Gasteiger partial charge in [0.25, 0.3) is 12.9 Å². The fourth-order valence-corrected chi connectivity index (χ4v) is 2.28. The molecule has 0 saturated heterocycles. The molecule has 0 nitrogen and oxygen atoms in total. The fourth-order valence-electron chi connectivity index (χ4n) is 0.760. The van der Waals surface area contributed by atoms with Crippen molar-refractivity contribution < 1.29 is 26.3 Å². The number of hydrogen-bond donors (Lipinski definition) is 0. The van der Waals surface area contributed by atoms with Crippen molar-refractivity contribution in [3.63, 3.8) is 0 Å². The Morgan fingerprint density at radius 3 is 1.23 bits per heavy atom. The summed E-state index contributed by atoms with van der Waals surface area (Å²) >= 11 is 0. The molecule has 0 aromatic heterocycles. The molecule has 0 amide bonds. The second kappa shape index (κ2) is 6.28. The standard InChI is InChI=1S/C6H10F6Si/c7-3(5(9)10)1-13-2-4(8)6(11)12/h3-6H,1-2,13H2. The number of halogens is 6. The van der Waals surface area contributed by atoms with Crippen LogP contribution in [0.2, 0.25) is 12.1 Å². The van der Waals surface area contributed by atoms with Crippen LogP contribution < -0.4 is 0 Å². The van der Waals surface area contributed by atoms with Crippen molar-refractivity contribution in [2.75, 3.05) is 0 Å². The van der Waals surface area contributed by atoms with Crippen molar-refractivity contribution in [1.29, 1.82) is 0 Å². The van der Waals surface area contributed by atoms with E-state index in [-0.39, 0.29) is 0 Å². The maximum absolute atomic E-state index is 12.2. The molecule has 7 heteroatoms. The molecule has 0 aromatic rings. The third kappa shape index (κ3) is 5.95. The van der Waals surface area contributed by atoms with Crippen LogP contribution in [0.5, 0.6) is 0 Å². The molecule has 0 aromatic carbocycles. The van der Waals surface area contributed by atoms with E-state index in [0.717, 1.165) is 0 Å². The third-order valence-corrected chi connectivity index (χ3v) is 3.43. The van der Waals surface area contributed by atoms with Crippen LogP contribution in [0.4, 0.5) is 26.3 Å². The van der Waals surface area contributed by atoms with E-state index < -0.39 is 46.8 Å². The highest BCUT2D eigenvalue weighted by Crippen LogP contribution is 2.14. The topological polar surface area (TPSA) is 0 Å². The predicted octanol–water partition coefficient (Wildman–Crippen LogP) is 2.20. The molecule has 0 saturated carbocycles. The minimum absolute atomic E-state index is 0.440. The molecule has 0 rings (SSSR count). The Hall–Kier alpha value is -0.203. The van der Waals surface area contributed by atoms with Crippen LogP contribution in [-0.2, 0) is 0 Å². The van der Waals surface area contributed by atoms with Crippen LogP contribution in [0.1, 0.15) is 0 Å². The quantitative estimate of drug-likeness (QED) is 0.479. The van der Waals surface area contributed by atoms with Crippen molar-refractivity contribution in [2.45, 2.75) is 37.3 Å². The van der Waals surface area contributed by atoms with E-state index in [1.165, 1.54) is 0 Å². The molecule has 0 fully saturated rings. The normalized spacial score (nSPS) is 17.5. The highest BCUT2D eigenvalue weighted by molar-refractivity contribution is 6.35. The largest absolute Gasteiger partial charge is 0.269 e. The summed E-state index contributed by atoms with van der Waals surface area (Å²) in [6, 6.07) is -0.879. The van der Waals surface area contributed by atoms with E-state index >= 15 is 0 Å². The summed E-state index contributed by atoms with van der Waals surface area (Å²) < 4.78 is 70.4. The lowest BCUT2D eigenvalue weighted by Gasteiger charge is -2.08. The van der Waals surface area contributed by atoms with Gasteiger partial charge in [-0.3, -0.25) is 0 Å². The van der Waals surface area contributed by atoms with Gasteiger partial charge in [0.1, 0.15) is 0 Å². The maximum atomic E-state index is 12.2. The van der Waals surface area contributed by atoms with Crippen molar-refractivity contribution in [1.82, 2.24) is 0 Å². The molecule has 0 aliphatic rings. The zero-order valence-electron chi connectivity index (χ0n) is 6.70. The number of hydrogen-bond acceptors (Lipinski definition) is 0. The van der Waals surface area contributed by atoms with Crippen molar-refractivity contribution in [2.24, 2.45) is 0 Å². The molecule has 13 heavy (non-hydrogen) atoms. The van der Waals surface area contributed by atoms with Crippen molar-refractivity contribution in [3.05, 3.63) is 0 Å². The average Bonchev–Trinajstić information content (AvgIpc) is 2.03. The maximum Gasteiger partial charge on any atom is 0.269 e. The van der Waals surface area contributed by atoms with Gasteiger partial charge in [-0.1, -0.05) is 0 Å². The van der Waals surface area contributed by atoms with Crippen LogP contribution >= 0.6 is 0 Å². The summed E-state index contributed by atoms with van der Waals surface area (Å²) in [5, 5.41) is 0. The Kier molecular flexibility index (Phi) is 6.18. The second-order valence-electron chi connectivity index (χ2n) is 2.63. The van der Waals surface area contributed by atoms with E-state index in [1.54, 1.807) is 0 Å². The van der Waals surface area contributed by atoms with Gasteiger partial charge in [-0.25, -0.2) is 26.3 Å². The summed E-state index contributed by atoms with van der Waals surface area (Å²) in [4.78, 5) is 0. The summed E-state index contributed by atoms with van der Waals surface area (Å²) in [6.45, 7) is 0. The molecule has 0 aliphatic carbocycles. The lowest BCUT2D eigenvalue weighted by molar-refractivity contribution is 0.0562. The van der Waals surface area contributed by atoms with Crippen LogP contribution in [0.3, 0.4) is 0 Å². The average molecular weight is 224 g/mol. The van der Waals surface area contributed by atoms with Gasteiger partial charge in [-0.2, -0.15) is 0 Å². The van der Waals surface area contributed by atoms with E-state index in [2.05, 4.69) is 0 Å². The number of rotatable bonds is 6. The smallest absolute Gasteiger partial charge is 0.242 e. The summed E-state index contributed by atoms with van der Waals surface area (Å²) in [6.07, 6.45) is -10.7. The van der Waals surface area contributed by atoms with Crippen molar-refractivity contribution in [3.8, 4) is 0 Å². The Bertz CT molecular complexity index is 116. The van der Waals surface area contributed by atoms with Crippen LogP contribution in [0, 0.1) is 0 Å². The zero-order valence-corrected chi connectivity index (χ0v) is 8.11. The van der Waals surface area contributed by atoms with E-state index in [4.69, 9.17) is 0 Å². The van der Waals surface area contributed by atoms with Gasteiger partial charge in [0.05, 0.1) is 0 Å². The fraction of sp³-hybridized carbons (Fsp3) is 1.00. The van der Waals surface area contributed by atoms with E-state index in [1.807, 2.05) is 0 Å². The first-order chi connectivity index (χ1) is 5.95. The first-order valence-electron chi connectivity index (χ1n) is 3.79. The monoisotopic (exact) mass is 224 g/mol. The lowest BCUT2D eigenvalue weighted by atomic mass is 10.5. The second-order valence-corrected chi connectivity index (χ2v) is 4.49. The minimum atomic E-state index is -3.09. The van der Waals surface area contributed by atoms with Gasteiger partial charge in [0, 0.05) is 9.52 Å². The van der Waals surface area contributed by atoms with Gasteiger partial charge in [-0.05, 0) is 12.1 Å². The van der Waals surface area contributed by atoms with Gasteiger partial charge in [0.15, 0.2) is 12.3 Å². The highest BCUT2D eigenvalue weighted by atomic mass is 28.2. The molecular weight excluding hydrogens is 214 g/mol. The molecule has 2 atom stereocenters. The highest BCUT2D eigenvalue weighted by Gasteiger charge is 2.22. The SMILES string of the molecule is FC(F)C(F)C[SiH2]CC(F)C(F)F. The minimum Gasteiger partial charge on any atom is -0.242 e. The van der Waals surface area contributed by atoms with Gasteiger partial charge in [-0.15, -0.1) is 0 Å². The summed E-state index contributed by atoms with van der Waals surface area (Å²) in [5.74, 6) is 0. The zero-order chi connectivity index (χ0) is 10.4. The summed E-state index contributed by atoms with van der Waals surface area (Å²) in [5.41, 5.74) is 0. The van der Waals surface area contributed by atoms with Gasteiger partial charge >= 0.3 is 0 Å². The summed E-state index contributed by atoms with van der Waals surface area (Å²) in [7, 11) is -1.48. The van der Waals surface area contributed by atoms with Crippen LogP contribution in [0.25, 0.3) is 0 Å². The Labute approximate surface area is 74.1 Å². The molecule has 0 heterocycles. The van der Waals surface area contributed by atoms with E-state index in [9.17, 15) is 26.3 Å². The molecule has 0 spiro atoms. The first kappa shape index (κ1) is 12.8. The molecule has 0 radical (unpaired) electrons. The lowest BCUT2D eigenvalue weighted by Crippen LogP contribution is -2.18.